The average Bonchev–Trinajstić information content (AvgIpc) is 2.37. The summed E-state index contributed by atoms with van der Waals surface area (Å²) in [6.07, 6.45) is 2.38. The first-order valence-corrected chi connectivity index (χ1v) is 6.53. The molecule has 0 heterocycles. The maximum atomic E-state index is 8.44. The van der Waals surface area contributed by atoms with E-state index < -0.39 is 0 Å². The molecule has 0 aliphatic heterocycles. The van der Waals surface area contributed by atoms with Crippen molar-refractivity contribution in [2.24, 2.45) is 0 Å². The van der Waals surface area contributed by atoms with E-state index in [0.29, 0.717) is 12.1 Å². The van der Waals surface area contributed by atoms with Gasteiger partial charge in [-0.15, -0.1) is 0 Å². The van der Waals surface area contributed by atoms with Gasteiger partial charge < -0.3 is 10.1 Å². The molecule has 0 fully saturated rings. The molecular weight excluding hydrogens is 224 g/mol. The van der Waals surface area contributed by atoms with Gasteiger partial charge in [-0.25, -0.2) is 0 Å². The van der Waals surface area contributed by atoms with Crippen molar-refractivity contribution in [2.75, 3.05) is 6.61 Å². The van der Waals surface area contributed by atoms with Crippen molar-refractivity contribution in [3.05, 3.63) is 29.8 Å². The van der Waals surface area contributed by atoms with E-state index >= 15 is 0 Å². The van der Waals surface area contributed by atoms with Gasteiger partial charge in [0.2, 0.25) is 0 Å². The molecule has 0 saturated carbocycles. The smallest absolute Gasteiger partial charge is 0.174 e. The van der Waals surface area contributed by atoms with E-state index in [1.807, 2.05) is 30.3 Å². The van der Waals surface area contributed by atoms with E-state index in [-0.39, 0.29) is 6.61 Å². The second-order valence-corrected chi connectivity index (χ2v) is 4.59. The van der Waals surface area contributed by atoms with Crippen molar-refractivity contribution in [1.29, 1.82) is 5.26 Å². The Morgan fingerprint density at radius 3 is 2.50 bits per heavy atom. The van der Waals surface area contributed by atoms with Gasteiger partial charge in [0, 0.05) is 12.1 Å². The Morgan fingerprint density at radius 1 is 1.28 bits per heavy atom. The minimum absolute atomic E-state index is 0.0979. The summed E-state index contributed by atoms with van der Waals surface area (Å²) in [7, 11) is 0. The Balaban J connectivity index is 2.53. The fourth-order valence-electron chi connectivity index (χ4n) is 2.01. The van der Waals surface area contributed by atoms with Gasteiger partial charge in [0.25, 0.3) is 0 Å². The molecule has 2 unspecified atom stereocenters. The van der Waals surface area contributed by atoms with Crippen LogP contribution in [0.1, 0.15) is 45.2 Å². The monoisotopic (exact) mass is 246 g/mol. The zero-order valence-corrected chi connectivity index (χ0v) is 11.4. The highest BCUT2D eigenvalue weighted by Crippen LogP contribution is 2.18. The lowest BCUT2D eigenvalue weighted by Crippen LogP contribution is -2.28. The third kappa shape index (κ3) is 4.77. The average molecular weight is 246 g/mol. The Morgan fingerprint density at radius 2 is 1.94 bits per heavy atom. The molecule has 1 rings (SSSR count). The summed E-state index contributed by atoms with van der Waals surface area (Å²) in [4.78, 5) is 0. The summed E-state index contributed by atoms with van der Waals surface area (Å²) in [6.45, 7) is 6.67. The first kappa shape index (κ1) is 14.5. The van der Waals surface area contributed by atoms with E-state index in [2.05, 4.69) is 26.1 Å². The third-order valence-electron chi connectivity index (χ3n) is 2.94. The first-order chi connectivity index (χ1) is 8.67. The van der Waals surface area contributed by atoms with Gasteiger partial charge in [0.05, 0.1) is 0 Å². The lowest BCUT2D eigenvalue weighted by Gasteiger charge is -2.20. The Kier molecular flexibility index (Phi) is 6.24. The quantitative estimate of drug-likeness (QED) is 0.801. The van der Waals surface area contributed by atoms with Crippen LogP contribution in [0.5, 0.6) is 5.75 Å². The van der Waals surface area contributed by atoms with Crippen molar-refractivity contribution < 1.29 is 4.74 Å². The van der Waals surface area contributed by atoms with Crippen LogP contribution >= 0.6 is 0 Å². The Hall–Kier alpha value is -1.53. The van der Waals surface area contributed by atoms with Gasteiger partial charge in [-0.05, 0) is 38.0 Å². The fraction of sp³-hybridized carbons (Fsp3) is 0.533. The largest absolute Gasteiger partial charge is 0.479 e. The Labute approximate surface area is 110 Å². The van der Waals surface area contributed by atoms with E-state index in [1.165, 1.54) is 18.4 Å². The molecule has 3 heteroatoms. The summed E-state index contributed by atoms with van der Waals surface area (Å²) in [5.74, 6) is 0.745. The van der Waals surface area contributed by atoms with Crippen LogP contribution in [0.15, 0.2) is 24.3 Å². The second-order valence-electron chi connectivity index (χ2n) is 4.59. The molecular formula is C15H22N2O. The zero-order chi connectivity index (χ0) is 13.4. The lowest BCUT2D eigenvalue weighted by molar-refractivity contribution is 0.367. The van der Waals surface area contributed by atoms with Crippen molar-refractivity contribution in [3.8, 4) is 11.8 Å². The van der Waals surface area contributed by atoms with Crippen LogP contribution in [-0.4, -0.2) is 12.6 Å². The molecule has 2 atom stereocenters. The predicted octanol–water partition coefficient (Wildman–Crippen LogP) is 3.43. The lowest BCUT2D eigenvalue weighted by atomic mass is 10.1. The molecule has 0 aromatic heterocycles. The van der Waals surface area contributed by atoms with Crippen LogP contribution in [0.4, 0.5) is 0 Å². The summed E-state index contributed by atoms with van der Waals surface area (Å²) >= 11 is 0. The highest BCUT2D eigenvalue weighted by atomic mass is 16.5. The second kappa shape index (κ2) is 7.73. The first-order valence-electron chi connectivity index (χ1n) is 6.53. The maximum Gasteiger partial charge on any atom is 0.174 e. The predicted molar refractivity (Wildman–Crippen MR) is 73.5 cm³/mol. The van der Waals surface area contributed by atoms with Gasteiger partial charge in [-0.3, -0.25) is 0 Å². The molecule has 98 valence electrons. The van der Waals surface area contributed by atoms with Crippen LogP contribution < -0.4 is 10.1 Å². The summed E-state index contributed by atoms with van der Waals surface area (Å²) in [5.41, 5.74) is 1.24. The molecule has 0 aliphatic rings. The van der Waals surface area contributed by atoms with Crippen molar-refractivity contribution in [2.45, 2.75) is 45.7 Å². The number of nitriles is 1. The number of ether oxygens (including phenoxy) is 1. The molecule has 0 radical (unpaired) electrons. The highest BCUT2D eigenvalue weighted by Gasteiger charge is 2.08. The summed E-state index contributed by atoms with van der Waals surface area (Å²) < 4.78 is 5.23. The van der Waals surface area contributed by atoms with Crippen LogP contribution in [0, 0.1) is 11.3 Å². The molecule has 1 aromatic rings. The number of nitrogens with one attached hydrogen (secondary N) is 1. The molecule has 0 amide bonds. The van der Waals surface area contributed by atoms with E-state index in [9.17, 15) is 0 Å². The number of hydrogen-bond acceptors (Lipinski definition) is 3. The molecule has 0 aliphatic carbocycles. The minimum atomic E-state index is 0.0979. The Bertz CT molecular complexity index is 380. The van der Waals surface area contributed by atoms with Gasteiger partial charge >= 0.3 is 0 Å². The number of nitrogens with zero attached hydrogens (tertiary/aromatic N) is 1. The van der Waals surface area contributed by atoms with Crippen molar-refractivity contribution in [3.63, 3.8) is 0 Å². The summed E-state index contributed by atoms with van der Waals surface area (Å²) in [5, 5.41) is 12.0. The molecule has 1 N–H and O–H groups in total. The molecule has 0 saturated heterocycles. The van der Waals surface area contributed by atoms with E-state index in [1.54, 1.807) is 0 Å². The fourth-order valence-corrected chi connectivity index (χ4v) is 2.01. The zero-order valence-electron chi connectivity index (χ0n) is 11.4. The van der Waals surface area contributed by atoms with Gasteiger partial charge in [-0.2, -0.15) is 5.26 Å². The minimum Gasteiger partial charge on any atom is -0.479 e. The molecule has 18 heavy (non-hydrogen) atoms. The van der Waals surface area contributed by atoms with Crippen LogP contribution in [0.2, 0.25) is 0 Å². The van der Waals surface area contributed by atoms with Gasteiger partial charge in [-0.1, -0.05) is 25.5 Å². The van der Waals surface area contributed by atoms with E-state index in [0.717, 1.165) is 5.75 Å². The standard InChI is InChI=1S/C15H22N2O/c1-4-5-12(2)17-13(3)14-6-8-15(9-7-14)18-11-10-16/h6-9,12-13,17H,4-5,11H2,1-3H3. The molecule has 0 spiro atoms. The highest BCUT2D eigenvalue weighted by molar-refractivity contribution is 5.29. The van der Waals surface area contributed by atoms with Crippen LogP contribution in [0.25, 0.3) is 0 Å². The third-order valence-corrected chi connectivity index (χ3v) is 2.94. The molecule has 0 bridgehead atoms. The SMILES string of the molecule is CCCC(C)NC(C)c1ccc(OCC#N)cc1. The van der Waals surface area contributed by atoms with Crippen LogP contribution in [-0.2, 0) is 0 Å². The molecule has 1 aromatic carbocycles. The van der Waals surface area contributed by atoms with Gasteiger partial charge in [0.15, 0.2) is 6.61 Å². The van der Waals surface area contributed by atoms with E-state index in [4.69, 9.17) is 10.00 Å². The normalized spacial score (nSPS) is 13.7. The number of rotatable bonds is 7. The molecule has 3 nitrogen and oxygen atoms in total. The van der Waals surface area contributed by atoms with Crippen molar-refractivity contribution in [1.82, 2.24) is 5.32 Å². The summed E-state index contributed by atoms with van der Waals surface area (Å²) in [6, 6.07) is 10.7. The van der Waals surface area contributed by atoms with Gasteiger partial charge in [0.1, 0.15) is 11.8 Å². The van der Waals surface area contributed by atoms with Crippen LogP contribution in [0.3, 0.4) is 0 Å². The number of benzene rings is 1. The van der Waals surface area contributed by atoms with Crippen molar-refractivity contribution >= 4 is 0 Å². The number of hydrogen-bond donors (Lipinski definition) is 1. The maximum absolute atomic E-state index is 8.44. The topological polar surface area (TPSA) is 45.0 Å².